The van der Waals surface area contributed by atoms with Gasteiger partial charge in [-0.2, -0.15) is 0 Å². The molecule has 1 amide bonds. The molecular weight excluding hydrogens is 254 g/mol. The van der Waals surface area contributed by atoms with Gasteiger partial charge in [-0.05, 0) is 31.2 Å². The van der Waals surface area contributed by atoms with Gasteiger partial charge in [0.15, 0.2) is 5.75 Å². The van der Waals surface area contributed by atoms with Crippen molar-refractivity contribution in [3.8, 4) is 5.75 Å². The third-order valence-corrected chi connectivity index (χ3v) is 2.69. The highest BCUT2D eigenvalue weighted by atomic mass is 16.5. The standard InChI is InChI=1S/C16H15NO3/c1-11-7-9-13(10-8-11)16(19)20-15-6-4-3-5-14(15)17-12(2)18/h3-10H,1-2H3,(H,17,18). The van der Waals surface area contributed by atoms with E-state index in [4.69, 9.17) is 4.74 Å². The molecule has 0 atom stereocenters. The number of carbonyl (C=O) groups excluding carboxylic acids is 2. The van der Waals surface area contributed by atoms with Crippen molar-refractivity contribution in [3.63, 3.8) is 0 Å². The van der Waals surface area contributed by atoms with Crippen molar-refractivity contribution in [2.75, 3.05) is 5.32 Å². The summed E-state index contributed by atoms with van der Waals surface area (Å²) in [7, 11) is 0. The summed E-state index contributed by atoms with van der Waals surface area (Å²) in [5.74, 6) is -0.347. The maximum absolute atomic E-state index is 12.0. The first-order valence-corrected chi connectivity index (χ1v) is 6.22. The number of hydrogen-bond acceptors (Lipinski definition) is 3. The molecule has 0 aliphatic heterocycles. The van der Waals surface area contributed by atoms with Crippen molar-refractivity contribution in [2.24, 2.45) is 0 Å². The number of anilines is 1. The van der Waals surface area contributed by atoms with Gasteiger partial charge in [0.25, 0.3) is 0 Å². The third-order valence-electron chi connectivity index (χ3n) is 2.69. The van der Waals surface area contributed by atoms with E-state index < -0.39 is 5.97 Å². The van der Waals surface area contributed by atoms with Crippen molar-refractivity contribution >= 4 is 17.6 Å². The molecule has 2 rings (SSSR count). The van der Waals surface area contributed by atoms with Crippen molar-refractivity contribution in [1.82, 2.24) is 0 Å². The zero-order valence-electron chi connectivity index (χ0n) is 11.3. The molecule has 0 aromatic heterocycles. The minimum absolute atomic E-state index is 0.219. The summed E-state index contributed by atoms with van der Waals surface area (Å²) < 4.78 is 5.32. The molecule has 1 N–H and O–H groups in total. The topological polar surface area (TPSA) is 55.4 Å². The van der Waals surface area contributed by atoms with Gasteiger partial charge < -0.3 is 10.1 Å². The minimum Gasteiger partial charge on any atom is -0.421 e. The molecule has 4 heteroatoms. The number of ether oxygens (including phenoxy) is 1. The van der Waals surface area contributed by atoms with Gasteiger partial charge in [0.1, 0.15) is 0 Å². The second-order valence-corrected chi connectivity index (χ2v) is 4.43. The molecule has 0 saturated carbocycles. The van der Waals surface area contributed by atoms with E-state index >= 15 is 0 Å². The second kappa shape index (κ2) is 6.02. The Labute approximate surface area is 117 Å². The lowest BCUT2D eigenvalue weighted by atomic mass is 10.1. The summed E-state index contributed by atoms with van der Waals surface area (Å²) in [5, 5.41) is 2.62. The fourth-order valence-electron chi connectivity index (χ4n) is 1.70. The van der Waals surface area contributed by atoms with E-state index in [1.165, 1.54) is 6.92 Å². The van der Waals surface area contributed by atoms with Crippen LogP contribution in [-0.2, 0) is 4.79 Å². The average molecular weight is 269 g/mol. The molecule has 0 spiro atoms. The number of para-hydroxylation sites is 2. The number of amides is 1. The molecule has 0 radical (unpaired) electrons. The van der Waals surface area contributed by atoms with E-state index in [9.17, 15) is 9.59 Å². The predicted molar refractivity (Wildman–Crippen MR) is 76.9 cm³/mol. The van der Waals surface area contributed by atoms with Crippen molar-refractivity contribution in [3.05, 3.63) is 59.7 Å². The molecule has 0 saturated heterocycles. The minimum atomic E-state index is -0.456. The third kappa shape index (κ3) is 3.45. The van der Waals surface area contributed by atoms with Crippen LogP contribution in [0.15, 0.2) is 48.5 Å². The molecule has 4 nitrogen and oxygen atoms in total. The van der Waals surface area contributed by atoms with Crippen LogP contribution in [0.2, 0.25) is 0 Å². The fourth-order valence-corrected chi connectivity index (χ4v) is 1.70. The number of nitrogens with one attached hydrogen (secondary N) is 1. The summed E-state index contributed by atoms with van der Waals surface area (Å²) in [6.45, 7) is 3.35. The van der Waals surface area contributed by atoms with E-state index in [-0.39, 0.29) is 5.91 Å². The summed E-state index contributed by atoms with van der Waals surface area (Å²) in [6, 6.07) is 13.9. The zero-order valence-corrected chi connectivity index (χ0v) is 11.3. The van der Waals surface area contributed by atoms with E-state index in [1.54, 1.807) is 36.4 Å². The molecule has 0 unspecified atom stereocenters. The Bertz CT molecular complexity index is 632. The average Bonchev–Trinajstić information content (AvgIpc) is 2.41. The molecule has 0 aliphatic rings. The summed E-state index contributed by atoms with van der Waals surface area (Å²) in [4.78, 5) is 23.1. The summed E-state index contributed by atoms with van der Waals surface area (Å²) in [6.07, 6.45) is 0. The van der Waals surface area contributed by atoms with Gasteiger partial charge in [-0.3, -0.25) is 4.79 Å². The van der Waals surface area contributed by atoms with Crippen LogP contribution < -0.4 is 10.1 Å². The Morgan fingerprint density at radius 1 is 1.00 bits per heavy atom. The number of hydrogen-bond donors (Lipinski definition) is 1. The number of benzene rings is 2. The van der Waals surface area contributed by atoms with Gasteiger partial charge >= 0.3 is 5.97 Å². The van der Waals surface area contributed by atoms with E-state index in [2.05, 4.69) is 5.32 Å². The van der Waals surface area contributed by atoms with Crippen LogP contribution in [0.5, 0.6) is 5.75 Å². The Morgan fingerprint density at radius 2 is 1.65 bits per heavy atom. The van der Waals surface area contributed by atoms with Gasteiger partial charge in [0.2, 0.25) is 5.91 Å². The SMILES string of the molecule is CC(=O)Nc1ccccc1OC(=O)c1ccc(C)cc1. The van der Waals surface area contributed by atoms with E-state index in [0.29, 0.717) is 17.0 Å². The highest BCUT2D eigenvalue weighted by Gasteiger charge is 2.11. The van der Waals surface area contributed by atoms with Crippen molar-refractivity contribution in [2.45, 2.75) is 13.8 Å². The number of carbonyl (C=O) groups is 2. The highest BCUT2D eigenvalue weighted by Crippen LogP contribution is 2.24. The molecule has 0 heterocycles. The first-order chi connectivity index (χ1) is 9.56. The smallest absolute Gasteiger partial charge is 0.343 e. The van der Waals surface area contributed by atoms with Crippen LogP contribution in [0.3, 0.4) is 0 Å². The maximum atomic E-state index is 12.0. The predicted octanol–water partition coefficient (Wildman–Crippen LogP) is 3.17. The van der Waals surface area contributed by atoms with Crippen LogP contribution in [0.1, 0.15) is 22.8 Å². The lowest BCUT2D eigenvalue weighted by Crippen LogP contribution is -2.12. The first-order valence-electron chi connectivity index (χ1n) is 6.22. The number of rotatable bonds is 3. The number of esters is 1. The van der Waals surface area contributed by atoms with Gasteiger partial charge in [0, 0.05) is 6.92 Å². The highest BCUT2D eigenvalue weighted by molar-refractivity contribution is 5.94. The fraction of sp³-hybridized carbons (Fsp3) is 0.125. The molecule has 0 fully saturated rings. The molecule has 0 aliphatic carbocycles. The maximum Gasteiger partial charge on any atom is 0.343 e. The molecule has 0 bridgehead atoms. The molecule has 102 valence electrons. The Balaban J connectivity index is 2.19. The lowest BCUT2D eigenvalue weighted by molar-refractivity contribution is -0.114. The van der Waals surface area contributed by atoms with E-state index in [0.717, 1.165) is 5.56 Å². The first kappa shape index (κ1) is 13.8. The normalized spacial score (nSPS) is 9.90. The van der Waals surface area contributed by atoms with Gasteiger partial charge in [-0.1, -0.05) is 29.8 Å². The monoisotopic (exact) mass is 269 g/mol. The summed E-state index contributed by atoms with van der Waals surface area (Å²) in [5.41, 5.74) is 2.01. The molecule has 2 aromatic carbocycles. The molecule has 20 heavy (non-hydrogen) atoms. The van der Waals surface area contributed by atoms with Crippen LogP contribution in [0.4, 0.5) is 5.69 Å². The summed E-state index contributed by atoms with van der Waals surface area (Å²) >= 11 is 0. The Hall–Kier alpha value is -2.62. The Kier molecular flexibility index (Phi) is 4.15. The van der Waals surface area contributed by atoms with Crippen LogP contribution in [0.25, 0.3) is 0 Å². The van der Waals surface area contributed by atoms with Gasteiger partial charge in [0.05, 0.1) is 11.3 Å². The van der Waals surface area contributed by atoms with Crippen molar-refractivity contribution < 1.29 is 14.3 Å². The van der Waals surface area contributed by atoms with Crippen LogP contribution >= 0.6 is 0 Å². The van der Waals surface area contributed by atoms with Crippen LogP contribution in [-0.4, -0.2) is 11.9 Å². The van der Waals surface area contributed by atoms with Crippen LogP contribution in [0, 0.1) is 6.92 Å². The van der Waals surface area contributed by atoms with Gasteiger partial charge in [-0.25, -0.2) is 4.79 Å². The lowest BCUT2D eigenvalue weighted by Gasteiger charge is -2.10. The zero-order chi connectivity index (χ0) is 14.5. The second-order valence-electron chi connectivity index (χ2n) is 4.43. The molecular formula is C16H15NO3. The van der Waals surface area contributed by atoms with Crippen molar-refractivity contribution in [1.29, 1.82) is 0 Å². The van der Waals surface area contributed by atoms with Gasteiger partial charge in [-0.15, -0.1) is 0 Å². The largest absolute Gasteiger partial charge is 0.421 e. The quantitative estimate of drug-likeness (QED) is 0.687. The Morgan fingerprint density at radius 3 is 2.30 bits per heavy atom. The van der Waals surface area contributed by atoms with E-state index in [1.807, 2.05) is 19.1 Å². The number of aryl methyl sites for hydroxylation is 1. The molecule has 2 aromatic rings.